The maximum absolute atomic E-state index is 12.4. The smallest absolute Gasteiger partial charge is 0.243 e. The van der Waals surface area contributed by atoms with Crippen molar-refractivity contribution in [3.8, 4) is 5.75 Å². The number of hydrogen-bond donors (Lipinski definition) is 2. The topological polar surface area (TPSA) is 92.9 Å². The number of hydrogen-bond acceptors (Lipinski definition) is 5. The van der Waals surface area contributed by atoms with Crippen LogP contribution in [0.3, 0.4) is 0 Å². The second-order valence-electron chi connectivity index (χ2n) is 4.56. The third-order valence-corrected chi connectivity index (χ3v) is 5.27. The fourth-order valence-corrected chi connectivity index (χ4v) is 3.66. The van der Waals surface area contributed by atoms with Gasteiger partial charge in [-0.2, -0.15) is 4.31 Å². The summed E-state index contributed by atoms with van der Waals surface area (Å²) in [5.41, 5.74) is 5.60. The molecule has 3 N–H and O–H groups in total. The van der Waals surface area contributed by atoms with E-state index in [2.05, 4.69) is 0 Å². The van der Waals surface area contributed by atoms with Crippen LogP contribution in [-0.4, -0.2) is 44.1 Å². The fraction of sp³-hybridized carbons (Fsp3) is 0.500. The molecule has 0 atom stereocenters. The molecule has 1 aromatic carbocycles. The molecule has 106 valence electrons. The van der Waals surface area contributed by atoms with Crippen molar-refractivity contribution in [2.45, 2.75) is 23.8 Å². The van der Waals surface area contributed by atoms with E-state index >= 15 is 0 Å². The van der Waals surface area contributed by atoms with E-state index in [0.717, 1.165) is 0 Å². The Morgan fingerprint density at radius 3 is 2.53 bits per heavy atom. The van der Waals surface area contributed by atoms with Crippen LogP contribution in [0.1, 0.15) is 12.8 Å². The molecule has 0 unspecified atom stereocenters. The lowest BCUT2D eigenvalue weighted by Gasteiger charge is -2.30. The number of benzene rings is 1. The number of piperidine rings is 1. The molecule has 0 spiro atoms. The zero-order valence-corrected chi connectivity index (χ0v) is 11.6. The van der Waals surface area contributed by atoms with Crippen LogP contribution in [0.5, 0.6) is 5.75 Å². The number of phenolic OH excluding ortho intramolecular Hbond substituents is 1. The number of ether oxygens (including phenoxy) is 1. The third kappa shape index (κ3) is 2.83. The molecule has 1 aliphatic rings. The molecule has 1 heterocycles. The predicted octanol–water partition coefficient (Wildman–Crippen LogP) is 0.774. The minimum absolute atomic E-state index is 0.0628. The van der Waals surface area contributed by atoms with Crippen LogP contribution in [-0.2, 0) is 14.8 Å². The number of nitrogen functional groups attached to an aromatic ring is 1. The highest BCUT2D eigenvalue weighted by molar-refractivity contribution is 7.89. The Morgan fingerprint density at radius 1 is 1.37 bits per heavy atom. The average Bonchev–Trinajstić information content (AvgIpc) is 2.41. The lowest BCUT2D eigenvalue weighted by atomic mass is 10.1. The van der Waals surface area contributed by atoms with Crippen LogP contribution in [0.2, 0.25) is 0 Å². The van der Waals surface area contributed by atoms with Gasteiger partial charge >= 0.3 is 0 Å². The van der Waals surface area contributed by atoms with Gasteiger partial charge in [-0.15, -0.1) is 0 Å². The van der Waals surface area contributed by atoms with Gasteiger partial charge in [0, 0.05) is 20.2 Å². The molecule has 0 saturated carbocycles. The standard InChI is InChI=1S/C12H18N2O4S/c1-18-9-4-6-14(7-5-9)19(16,17)10-2-3-12(15)11(13)8-10/h2-3,8-9,15H,4-7,13H2,1H3. The number of methoxy groups -OCH3 is 1. The maximum Gasteiger partial charge on any atom is 0.243 e. The Hall–Kier alpha value is -1.31. The van der Waals surface area contributed by atoms with Crippen LogP contribution in [0, 0.1) is 0 Å². The Labute approximate surface area is 112 Å². The molecule has 0 aliphatic carbocycles. The zero-order valence-electron chi connectivity index (χ0n) is 10.7. The molecule has 0 radical (unpaired) electrons. The number of aromatic hydroxyl groups is 1. The minimum Gasteiger partial charge on any atom is -0.506 e. The molecule has 2 rings (SSSR count). The summed E-state index contributed by atoms with van der Waals surface area (Å²) in [6, 6.07) is 3.95. The highest BCUT2D eigenvalue weighted by Crippen LogP contribution is 2.27. The van der Waals surface area contributed by atoms with Crippen LogP contribution >= 0.6 is 0 Å². The van der Waals surface area contributed by atoms with E-state index in [4.69, 9.17) is 10.5 Å². The van der Waals surface area contributed by atoms with Crippen LogP contribution in [0.4, 0.5) is 5.69 Å². The van der Waals surface area contributed by atoms with Crippen molar-refractivity contribution in [3.63, 3.8) is 0 Å². The van der Waals surface area contributed by atoms with Crippen LogP contribution in [0.25, 0.3) is 0 Å². The molecule has 7 heteroatoms. The number of phenols is 1. The highest BCUT2D eigenvalue weighted by Gasteiger charge is 2.29. The van der Waals surface area contributed by atoms with E-state index in [1.165, 1.54) is 22.5 Å². The normalized spacial score (nSPS) is 18.6. The maximum atomic E-state index is 12.4. The van der Waals surface area contributed by atoms with Crippen molar-refractivity contribution in [1.29, 1.82) is 0 Å². The van der Waals surface area contributed by atoms with Crippen molar-refractivity contribution >= 4 is 15.7 Å². The molecule has 19 heavy (non-hydrogen) atoms. The van der Waals surface area contributed by atoms with Gasteiger partial charge in [0.1, 0.15) is 5.75 Å². The summed E-state index contributed by atoms with van der Waals surface area (Å²) in [6.45, 7) is 0.864. The molecule has 6 nitrogen and oxygen atoms in total. The Morgan fingerprint density at radius 2 is 2.00 bits per heavy atom. The van der Waals surface area contributed by atoms with Gasteiger partial charge in [0.15, 0.2) is 0 Å². The van der Waals surface area contributed by atoms with Crippen molar-refractivity contribution < 1.29 is 18.3 Å². The molecular formula is C12H18N2O4S. The molecule has 1 fully saturated rings. The van der Waals surface area contributed by atoms with E-state index in [-0.39, 0.29) is 22.4 Å². The molecule has 0 aromatic heterocycles. The number of anilines is 1. The van der Waals surface area contributed by atoms with Gasteiger partial charge in [-0.25, -0.2) is 8.42 Å². The number of sulfonamides is 1. The van der Waals surface area contributed by atoms with Crippen LogP contribution < -0.4 is 5.73 Å². The summed E-state index contributed by atoms with van der Waals surface area (Å²) < 4.78 is 31.4. The molecule has 0 bridgehead atoms. The van der Waals surface area contributed by atoms with Gasteiger partial charge in [0.2, 0.25) is 10.0 Å². The van der Waals surface area contributed by atoms with E-state index in [0.29, 0.717) is 25.9 Å². The summed E-state index contributed by atoms with van der Waals surface area (Å²) in [5, 5.41) is 9.34. The first kappa shape index (κ1) is 14.1. The second-order valence-corrected chi connectivity index (χ2v) is 6.50. The van der Waals surface area contributed by atoms with Gasteiger partial charge < -0.3 is 15.6 Å². The molecule has 0 amide bonds. The first-order chi connectivity index (χ1) is 8.95. The lowest BCUT2D eigenvalue weighted by molar-refractivity contribution is 0.0604. The summed E-state index contributed by atoms with van der Waals surface area (Å²) in [5.74, 6) is -0.114. The average molecular weight is 286 g/mol. The number of rotatable bonds is 3. The monoisotopic (exact) mass is 286 g/mol. The molecule has 1 aromatic rings. The van der Waals surface area contributed by atoms with Crippen LogP contribution in [0.15, 0.2) is 23.1 Å². The minimum atomic E-state index is -3.55. The predicted molar refractivity (Wildman–Crippen MR) is 71.3 cm³/mol. The van der Waals surface area contributed by atoms with E-state index < -0.39 is 10.0 Å². The lowest BCUT2D eigenvalue weighted by Crippen LogP contribution is -2.40. The van der Waals surface area contributed by atoms with Crippen molar-refractivity contribution in [2.24, 2.45) is 0 Å². The molecule has 1 aliphatic heterocycles. The SMILES string of the molecule is COC1CCN(S(=O)(=O)c2ccc(O)c(N)c2)CC1. The van der Waals surface area contributed by atoms with E-state index in [9.17, 15) is 13.5 Å². The summed E-state index contributed by atoms with van der Waals surface area (Å²) in [4.78, 5) is 0.110. The first-order valence-electron chi connectivity index (χ1n) is 6.06. The summed E-state index contributed by atoms with van der Waals surface area (Å²) in [7, 11) is -1.91. The summed E-state index contributed by atoms with van der Waals surface area (Å²) >= 11 is 0. The van der Waals surface area contributed by atoms with E-state index in [1.54, 1.807) is 7.11 Å². The van der Waals surface area contributed by atoms with Gasteiger partial charge in [-0.1, -0.05) is 0 Å². The molecular weight excluding hydrogens is 268 g/mol. The third-order valence-electron chi connectivity index (χ3n) is 3.37. The van der Waals surface area contributed by atoms with Gasteiger partial charge in [0.05, 0.1) is 16.7 Å². The fourth-order valence-electron chi connectivity index (χ4n) is 2.15. The van der Waals surface area contributed by atoms with Gasteiger partial charge in [-0.3, -0.25) is 0 Å². The van der Waals surface area contributed by atoms with Gasteiger partial charge in [0.25, 0.3) is 0 Å². The van der Waals surface area contributed by atoms with Crippen molar-refractivity contribution in [2.75, 3.05) is 25.9 Å². The van der Waals surface area contributed by atoms with E-state index in [1.807, 2.05) is 0 Å². The second kappa shape index (κ2) is 5.36. The first-order valence-corrected chi connectivity index (χ1v) is 7.50. The van der Waals surface area contributed by atoms with Crippen molar-refractivity contribution in [3.05, 3.63) is 18.2 Å². The number of nitrogens with zero attached hydrogens (tertiary/aromatic N) is 1. The largest absolute Gasteiger partial charge is 0.506 e. The quantitative estimate of drug-likeness (QED) is 0.632. The Kier molecular flexibility index (Phi) is 3.98. The van der Waals surface area contributed by atoms with Gasteiger partial charge in [-0.05, 0) is 31.0 Å². The Bertz CT molecular complexity index is 551. The molecule has 1 saturated heterocycles. The number of nitrogens with two attached hydrogens (primary N) is 1. The Balaban J connectivity index is 2.21. The zero-order chi connectivity index (χ0) is 14.0. The van der Waals surface area contributed by atoms with Crippen molar-refractivity contribution in [1.82, 2.24) is 4.31 Å². The highest BCUT2D eigenvalue weighted by atomic mass is 32.2. The summed E-state index contributed by atoms with van der Waals surface area (Å²) in [6.07, 6.45) is 1.49.